The van der Waals surface area contributed by atoms with Crippen LogP contribution in [0.15, 0.2) is 66.0 Å². The number of methoxy groups -OCH3 is 1. The lowest BCUT2D eigenvalue weighted by molar-refractivity contribution is 0.0946. The van der Waals surface area contributed by atoms with Gasteiger partial charge in [-0.25, -0.2) is 0 Å². The van der Waals surface area contributed by atoms with Crippen LogP contribution in [0.2, 0.25) is 0 Å². The van der Waals surface area contributed by atoms with Gasteiger partial charge in [0, 0.05) is 12.1 Å². The van der Waals surface area contributed by atoms with E-state index in [1.54, 1.807) is 7.11 Å². The SMILES string of the molecule is COc1cccc(C(CNC(=O)c2sccc2-c2ccccc2)N(C)C)c1. The number of benzene rings is 2. The summed E-state index contributed by atoms with van der Waals surface area (Å²) in [5.41, 5.74) is 3.14. The lowest BCUT2D eigenvalue weighted by Crippen LogP contribution is -2.34. The Hall–Kier alpha value is -2.63. The zero-order valence-electron chi connectivity index (χ0n) is 15.8. The highest BCUT2D eigenvalue weighted by atomic mass is 32.1. The lowest BCUT2D eigenvalue weighted by Gasteiger charge is -2.25. The minimum atomic E-state index is -0.0430. The molecule has 27 heavy (non-hydrogen) atoms. The molecule has 0 bridgehead atoms. The molecule has 0 fully saturated rings. The van der Waals surface area contributed by atoms with Gasteiger partial charge in [0.15, 0.2) is 0 Å². The first-order chi connectivity index (χ1) is 13.1. The maximum atomic E-state index is 12.8. The molecule has 1 aromatic heterocycles. The molecule has 4 nitrogen and oxygen atoms in total. The van der Waals surface area contributed by atoms with Crippen LogP contribution in [0.25, 0.3) is 11.1 Å². The van der Waals surface area contributed by atoms with Crippen molar-refractivity contribution in [2.45, 2.75) is 6.04 Å². The molecule has 0 aliphatic carbocycles. The Balaban J connectivity index is 1.75. The highest BCUT2D eigenvalue weighted by Gasteiger charge is 2.19. The second kappa shape index (κ2) is 8.84. The van der Waals surface area contributed by atoms with E-state index in [4.69, 9.17) is 4.74 Å². The standard InChI is InChI=1S/C22H24N2O2S/c1-24(2)20(17-10-7-11-18(14-17)26-3)15-23-22(25)21-19(12-13-27-21)16-8-5-4-6-9-16/h4-14,20H,15H2,1-3H3,(H,23,25). The van der Waals surface area contributed by atoms with Crippen LogP contribution in [0, 0.1) is 0 Å². The minimum Gasteiger partial charge on any atom is -0.497 e. The van der Waals surface area contributed by atoms with Gasteiger partial charge >= 0.3 is 0 Å². The van der Waals surface area contributed by atoms with Crippen LogP contribution < -0.4 is 10.1 Å². The van der Waals surface area contributed by atoms with E-state index in [1.165, 1.54) is 11.3 Å². The van der Waals surface area contributed by atoms with E-state index in [2.05, 4.69) is 16.3 Å². The van der Waals surface area contributed by atoms with Gasteiger partial charge in [0.2, 0.25) is 0 Å². The van der Waals surface area contributed by atoms with E-state index in [1.807, 2.05) is 74.1 Å². The normalized spacial score (nSPS) is 12.0. The summed E-state index contributed by atoms with van der Waals surface area (Å²) in [6.45, 7) is 0.519. The number of ether oxygens (including phenoxy) is 1. The zero-order chi connectivity index (χ0) is 19.2. The monoisotopic (exact) mass is 380 g/mol. The number of rotatable bonds is 7. The fourth-order valence-corrected chi connectivity index (χ4v) is 3.88. The highest BCUT2D eigenvalue weighted by molar-refractivity contribution is 7.12. The second-order valence-electron chi connectivity index (χ2n) is 6.50. The lowest BCUT2D eigenvalue weighted by atomic mass is 10.0. The van der Waals surface area contributed by atoms with Crippen LogP contribution in [0.1, 0.15) is 21.3 Å². The second-order valence-corrected chi connectivity index (χ2v) is 7.41. The Bertz CT molecular complexity index is 890. The molecule has 0 aliphatic heterocycles. The molecule has 0 saturated carbocycles. The van der Waals surface area contributed by atoms with Crippen molar-refractivity contribution < 1.29 is 9.53 Å². The van der Waals surface area contributed by atoms with Crippen molar-refractivity contribution in [3.05, 3.63) is 76.5 Å². The first-order valence-electron chi connectivity index (χ1n) is 8.81. The summed E-state index contributed by atoms with van der Waals surface area (Å²) in [5.74, 6) is 0.772. The summed E-state index contributed by atoms with van der Waals surface area (Å²) in [5, 5.41) is 5.06. The number of hydrogen-bond acceptors (Lipinski definition) is 4. The first kappa shape index (κ1) is 19.1. The smallest absolute Gasteiger partial charge is 0.262 e. The van der Waals surface area contributed by atoms with Crippen molar-refractivity contribution >= 4 is 17.2 Å². The molecule has 1 unspecified atom stereocenters. The molecule has 3 rings (SSSR count). The van der Waals surface area contributed by atoms with Gasteiger partial charge in [0.05, 0.1) is 18.0 Å². The molecule has 1 amide bonds. The first-order valence-corrected chi connectivity index (χ1v) is 9.69. The minimum absolute atomic E-state index is 0.0430. The van der Waals surface area contributed by atoms with Crippen LogP contribution in [0.5, 0.6) is 5.75 Å². The Kier molecular flexibility index (Phi) is 6.27. The fraction of sp³-hybridized carbons (Fsp3) is 0.227. The number of nitrogens with zero attached hydrogens (tertiary/aromatic N) is 1. The number of hydrogen-bond donors (Lipinski definition) is 1. The molecule has 1 heterocycles. The Morgan fingerprint density at radius 2 is 1.89 bits per heavy atom. The number of carbonyl (C=O) groups is 1. The molecule has 140 valence electrons. The van der Waals surface area contributed by atoms with Crippen molar-refractivity contribution in [3.63, 3.8) is 0 Å². The summed E-state index contributed by atoms with van der Waals surface area (Å²) in [4.78, 5) is 15.7. The van der Waals surface area contributed by atoms with Crippen LogP contribution >= 0.6 is 11.3 Å². The third-order valence-electron chi connectivity index (χ3n) is 4.51. The largest absolute Gasteiger partial charge is 0.497 e. The van der Waals surface area contributed by atoms with E-state index in [0.29, 0.717) is 6.54 Å². The molecule has 3 aromatic rings. The number of carbonyl (C=O) groups excluding carboxylic acids is 1. The molecule has 1 atom stereocenters. The van der Waals surface area contributed by atoms with E-state index >= 15 is 0 Å². The van der Waals surface area contributed by atoms with E-state index in [-0.39, 0.29) is 11.9 Å². The predicted octanol–water partition coefficient (Wildman–Crippen LogP) is 4.46. The van der Waals surface area contributed by atoms with Crippen molar-refractivity contribution in [3.8, 4) is 16.9 Å². The third kappa shape index (κ3) is 4.56. The molecule has 0 saturated heterocycles. The van der Waals surface area contributed by atoms with Gasteiger partial charge in [-0.1, -0.05) is 42.5 Å². The van der Waals surface area contributed by atoms with E-state index in [9.17, 15) is 4.79 Å². The number of thiophene rings is 1. The summed E-state index contributed by atoms with van der Waals surface area (Å²) >= 11 is 1.47. The summed E-state index contributed by atoms with van der Waals surface area (Å²) in [7, 11) is 5.68. The van der Waals surface area contributed by atoms with E-state index in [0.717, 1.165) is 27.3 Å². The topological polar surface area (TPSA) is 41.6 Å². The van der Waals surface area contributed by atoms with Gasteiger partial charge in [0.25, 0.3) is 5.91 Å². The summed E-state index contributed by atoms with van der Waals surface area (Å²) in [6.07, 6.45) is 0. The number of nitrogens with one attached hydrogen (secondary N) is 1. The average Bonchev–Trinajstić information content (AvgIpc) is 3.18. The van der Waals surface area contributed by atoms with Gasteiger partial charge in [-0.05, 0) is 48.8 Å². The quantitative estimate of drug-likeness (QED) is 0.658. The Morgan fingerprint density at radius 1 is 1.11 bits per heavy atom. The molecule has 5 heteroatoms. The van der Waals surface area contributed by atoms with Crippen LogP contribution in [0.3, 0.4) is 0 Å². The molecule has 2 aromatic carbocycles. The molecule has 0 radical (unpaired) electrons. The maximum absolute atomic E-state index is 12.8. The van der Waals surface area contributed by atoms with Crippen LogP contribution in [-0.2, 0) is 0 Å². The molecular weight excluding hydrogens is 356 g/mol. The third-order valence-corrected chi connectivity index (χ3v) is 5.43. The van der Waals surface area contributed by atoms with Crippen LogP contribution in [-0.4, -0.2) is 38.6 Å². The van der Waals surface area contributed by atoms with Gasteiger partial charge in [0.1, 0.15) is 5.75 Å². The molecule has 0 aliphatic rings. The molecule has 1 N–H and O–H groups in total. The summed E-state index contributed by atoms with van der Waals surface area (Å²) in [6, 6.07) is 20.0. The highest BCUT2D eigenvalue weighted by Crippen LogP contribution is 2.28. The van der Waals surface area contributed by atoms with E-state index < -0.39 is 0 Å². The number of likely N-dealkylation sites (N-methyl/N-ethyl adjacent to an activating group) is 1. The van der Waals surface area contributed by atoms with Crippen LogP contribution in [0.4, 0.5) is 0 Å². The average molecular weight is 381 g/mol. The van der Waals surface area contributed by atoms with Gasteiger partial charge < -0.3 is 15.0 Å². The number of amides is 1. The zero-order valence-corrected chi connectivity index (χ0v) is 16.6. The fourth-order valence-electron chi connectivity index (χ4n) is 3.05. The Labute approximate surface area is 164 Å². The molecular formula is C22H24N2O2S. The van der Waals surface area contributed by atoms with Crippen molar-refractivity contribution in [2.75, 3.05) is 27.7 Å². The Morgan fingerprint density at radius 3 is 2.59 bits per heavy atom. The predicted molar refractivity (Wildman–Crippen MR) is 112 cm³/mol. The van der Waals surface area contributed by atoms with Crippen molar-refractivity contribution in [1.82, 2.24) is 10.2 Å². The van der Waals surface area contributed by atoms with Crippen molar-refractivity contribution in [2.24, 2.45) is 0 Å². The summed E-state index contributed by atoms with van der Waals surface area (Å²) < 4.78 is 5.33. The van der Waals surface area contributed by atoms with Gasteiger partial charge in [-0.2, -0.15) is 0 Å². The van der Waals surface area contributed by atoms with Gasteiger partial charge in [-0.15, -0.1) is 11.3 Å². The van der Waals surface area contributed by atoms with Gasteiger partial charge in [-0.3, -0.25) is 4.79 Å². The van der Waals surface area contributed by atoms with Crippen molar-refractivity contribution in [1.29, 1.82) is 0 Å². The molecule has 0 spiro atoms. The maximum Gasteiger partial charge on any atom is 0.262 e.